The van der Waals surface area contributed by atoms with Crippen molar-refractivity contribution in [3.63, 3.8) is 0 Å². The number of nitrogens with one attached hydrogen (secondary N) is 1. The first-order valence-corrected chi connectivity index (χ1v) is 6.17. The first kappa shape index (κ1) is 14.5. The standard InChI is InChI=1S/C15H14N2O4/c1-9-7-10(3-5-13(9)21-2)12-8-11(4-6-14(18)19)15(20)17-16-12/h3-8H,1-2H3,(H,17,20)(H,18,19)/b6-4+. The third-order valence-electron chi connectivity index (χ3n) is 2.93. The molecule has 108 valence electrons. The minimum Gasteiger partial charge on any atom is -0.496 e. The zero-order valence-corrected chi connectivity index (χ0v) is 11.6. The number of hydrogen-bond donors (Lipinski definition) is 2. The molecule has 0 amide bonds. The zero-order chi connectivity index (χ0) is 15.4. The minimum atomic E-state index is -1.12. The average Bonchev–Trinajstić information content (AvgIpc) is 2.46. The third-order valence-corrected chi connectivity index (χ3v) is 2.93. The maximum Gasteiger partial charge on any atom is 0.328 e. The topological polar surface area (TPSA) is 92.3 Å². The number of rotatable bonds is 4. The number of hydrogen-bond acceptors (Lipinski definition) is 4. The molecule has 0 saturated carbocycles. The van der Waals surface area contributed by atoms with Gasteiger partial charge in [-0.05, 0) is 42.8 Å². The van der Waals surface area contributed by atoms with Gasteiger partial charge in [-0.1, -0.05) is 0 Å². The van der Waals surface area contributed by atoms with Gasteiger partial charge >= 0.3 is 5.97 Å². The number of benzene rings is 1. The van der Waals surface area contributed by atoms with E-state index in [-0.39, 0.29) is 5.56 Å². The van der Waals surface area contributed by atoms with Crippen LogP contribution in [0.15, 0.2) is 35.1 Å². The van der Waals surface area contributed by atoms with Crippen molar-refractivity contribution >= 4 is 12.0 Å². The van der Waals surface area contributed by atoms with Gasteiger partial charge in [0.15, 0.2) is 0 Å². The molecule has 2 N–H and O–H groups in total. The fraction of sp³-hybridized carbons (Fsp3) is 0.133. The van der Waals surface area contributed by atoms with Gasteiger partial charge in [-0.2, -0.15) is 5.10 Å². The number of carbonyl (C=O) groups is 1. The molecule has 0 aliphatic heterocycles. The Morgan fingerprint density at radius 2 is 2.14 bits per heavy atom. The van der Waals surface area contributed by atoms with Crippen molar-refractivity contribution < 1.29 is 14.6 Å². The molecule has 21 heavy (non-hydrogen) atoms. The average molecular weight is 286 g/mol. The van der Waals surface area contributed by atoms with Gasteiger partial charge in [-0.15, -0.1) is 0 Å². The van der Waals surface area contributed by atoms with Crippen LogP contribution >= 0.6 is 0 Å². The Kier molecular flexibility index (Phi) is 4.18. The lowest BCUT2D eigenvalue weighted by Crippen LogP contribution is -2.11. The second-order valence-electron chi connectivity index (χ2n) is 4.39. The fourth-order valence-corrected chi connectivity index (χ4v) is 1.89. The number of methoxy groups -OCH3 is 1. The molecular formula is C15H14N2O4. The van der Waals surface area contributed by atoms with Crippen LogP contribution in [0.3, 0.4) is 0 Å². The van der Waals surface area contributed by atoms with Crippen LogP contribution in [0.5, 0.6) is 5.75 Å². The summed E-state index contributed by atoms with van der Waals surface area (Å²) >= 11 is 0. The number of aromatic amines is 1. The summed E-state index contributed by atoms with van der Waals surface area (Å²) < 4.78 is 5.19. The Balaban J connectivity index is 2.45. The maximum absolute atomic E-state index is 11.6. The molecular weight excluding hydrogens is 272 g/mol. The number of aromatic nitrogens is 2. The molecule has 0 spiro atoms. The van der Waals surface area contributed by atoms with Crippen LogP contribution in [-0.4, -0.2) is 28.4 Å². The van der Waals surface area contributed by atoms with Gasteiger partial charge in [0, 0.05) is 17.2 Å². The molecule has 1 aromatic carbocycles. The summed E-state index contributed by atoms with van der Waals surface area (Å²) in [6.07, 6.45) is 2.15. The van der Waals surface area contributed by atoms with Crippen LogP contribution in [0.25, 0.3) is 17.3 Å². The highest BCUT2D eigenvalue weighted by Gasteiger charge is 2.06. The van der Waals surface area contributed by atoms with Gasteiger partial charge < -0.3 is 9.84 Å². The molecule has 0 radical (unpaired) electrons. The van der Waals surface area contributed by atoms with E-state index in [1.54, 1.807) is 13.2 Å². The van der Waals surface area contributed by atoms with E-state index < -0.39 is 11.5 Å². The Morgan fingerprint density at radius 1 is 1.38 bits per heavy atom. The van der Waals surface area contributed by atoms with E-state index in [9.17, 15) is 9.59 Å². The van der Waals surface area contributed by atoms with Crippen molar-refractivity contribution in [2.45, 2.75) is 6.92 Å². The summed E-state index contributed by atoms with van der Waals surface area (Å²) in [5, 5.41) is 14.9. The summed E-state index contributed by atoms with van der Waals surface area (Å²) in [5.41, 5.74) is 2.07. The Morgan fingerprint density at radius 3 is 2.76 bits per heavy atom. The monoisotopic (exact) mass is 286 g/mol. The molecule has 0 unspecified atom stereocenters. The smallest absolute Gasteiger partial charge is 0.328 e. The molecule has 2 rings (SSSR count). The lowest BCUT2D eigenvalue weighted by molar-refractivity contribution is -0.131. The van der Waals surface area contributed by atoms with Crippen LogP contribution in [0, 0.1) is 6.92 Å². The number of carboxylic acid groups (broad SMARTS) is 1. The fourth-order valence-electron chi connectivity index (χ4n) is 1.89. The Labute approximate surface area is 120 Å². The van der Waals surface area contributed by atoms with E-state index in [0.29, 0.717) is 5.69 Å². The quantitative estimate of drug-likeness (QED) is 0.837. The number of nitrogens with zero attached hydrogens (tertiary/aromatic N) is 1. The van der Waals surface area contributed by atoms with Gasteiger partial charge in [0.25, 0.3) is 5.56 Å². The zero-order valence-electron chi connectivity index (χ0n) is 11.6. The maximum atomic E-state index is 11.6. The van der Waals surface area contributed by atoms with Crippen molar-refractivity contribution in [1.82, 2.24) is 10.2 Å². The number of aryl methyl sites for hydroxylation is 1. The first-order valence-electron chi connectivity index (χ1n) is 6.17. The predicted molar refractivity (Wildman–Crippen MR) is 78.3 cm³/mol. The van der Waals surface area contributed by atoms with Crippen LogP contribution in [0.1, 0.15) is 11.1 Å². The van der Waals surface area contributed by atoms with Gasteiger partial charge in [0.1, 0.15) is 5.75 Å². The normalized spacial score (nSPS) is 10.8. The number of aliphatic carboxylic acids is 1. The van der Waals surface area contributed by atoms with E-state index in [0.717, 1.165) is 23.0 Å². The molecule has 0 fully saturated rings. The van der Waals surface area contributed by atoms with E-state index in [2.05, 4.69) is 10.2 Å². The second-order valence-corrected chi connectivity index (χ2v) is 4.39. The van der Waals surface area contributed by atoms with Gasteiger partial charge in [0.05, 0.1) is 12.8 Å². The molecule has 2 aromatic rings. The van der Waals surface area contributed by atoms with E-state index in [1.165, 1.54) is 6.08 Å². The van der Waals surface area contributed by atoms with Crippen molar-refractivity contribution in [2.24, 2.45) is 0 Å². The molecule has 0 aliphatic rings. The third kappa shape index (κ3) is 3.36. The summed E-state index contributed by atoms with van der Waals surface area (Å²) in [6.45, 7) is 1.90. The van der Waals surface area contributed by atoms with Crippen molar-refractivity contribution in [1.29, 1.82) is 0 Å². The first-order chi connectivity index (χ1) is 10.0. The molecule has 1 aromatic heterocycles. The lowest BCUT2D eigenvalue weighted by Gasteiger charge is -2.07. The Bertz CT molecular complexity index is 763. The molecule has 0 bridgehead atoms. The molecule has 1 heterocycles. The van der Waals surface area contributed by atoms with E-state index >= 15 is 0 Å². The largest absolute Gasteiger partial charge is 0.496 e. The van der Waals surface area contributed by atoms with Crippen molar-refractivity contribution in [3.8, 4) is 17.0 Å². The molecule has 0 atom stereocenters. The molecule has 0 saturated heterocycles. The molecule has 0 aliphatic carbocycles. The lowest BCUT2D eigenvalue weighted by atomic mass is 10.1. The van der Waals surface area contributed by atoms with Gasteiger partial charge in [-0.25, -0.2) is 9.89 Å². The highest BCUT2D eigenvalue weighted by Crippen LogP contribution is 2.24. The highest BCUT2D eigenvalue weighted by molar-refractivity contribution is 5.85. The van der Waals surface area contributed by atoms with Gasteiger partial charge in [0.2, 0.25) is 0 Å². The second kappa shape index (κ2) is 6.04. The summed E-state index contributed by atoms with van der Waals surface area (Å²) in [4.78, 5) is 22.1. The number of ether oxygens (including phenoxy) is 1. The number of carboxylic acids is 1. The molecule has 6 heteroatoms. The molecule has 6 nitrogen and oxygen atoms in total. The summed E-state index contributed by atoms with van der Waals surface area (Å²) in [7, 11) is 1.59. The van der Waals surface area contributed by atoms with Crippen LogP contribution in [0.2, 0.25) is 0 Å². The summed E-state index contributed by atoms with van der Waals surface area (Å²) in [5.74, 6) is -0.359. The summed E-state index contributed by atoms with van der Waals surface area (Å²) in [6, 6.07) is 7.05. The van der Waals surface area contributed by atoms with Gasteiger partial charge in [-0.3, -0.25) is 4.79 Å². The SMILES string of the molecule is COc1ccc(-c2cc(/C=C/C(=O)O)c(=O)[nH]n2)cc1C. The predicted octanol–water partition coefficient (Wildman–Crippen LogP) is 1.85. The van der Waals surface area contributed by atoms with Crippen molar-refractivity contribution in [3.05, 3.63) is 51.8 Å². The van der Waals surface area contributed by atoms with Crippen LogP contribution in [0.4, 0.5) is 0 Å². The minimum absolute atomic E-state index is 0.232. The van der Waals surface area contributed by atoms with Crippen molar-refractivity contribution in [2.75, 3.05) is 7.11 Å². The van der Waals surface area contributed by atoms with Crippen LogP contribution in [-0.2, 0) is 4.79 Å². The Hall–Kier alpha value is -2.89. The van der Waals surface area contributed by atoms with E-state index in [4.69, 9.17) is 9.84 Å². The van der Waals surface area contributed by atoms with E-state index in [1.807, 2.05) is 25.1 Å². The highest BCUT2D eigenvalue weighted by atomic mass is 16.5. The number of H-pyrrole nitrogens is 1. The van der Waals surface area contributed by atoms with Crippen LogP contribution < -0.4 is 10.3 Å².